The zero-order chi connectivity index (χ0) is 10.3. The van der Waals surface area contributed by atoms with Gasteiger partial charge in [-0.1, -0.05) is 13.0 Å². The van der Waals surface area contributed by atoms with E-state index in [1.54, 1.807) is 11.0 Å². The van der Waals surface area contributed by atoms with Crippen molar-refractivity contribution in [2.24, 2.45) is 0 Å². The van der Waals surface area contributed by atoms with Crippen molar-refractivity contribution in [2.45, 2.75) is 12.8 Å². The van der Waals surface area contributed by atoms with Crippen LogP contribution in [0.4, 0.5) is 8.78 Å². The number of hydrogen-bond acceptors (Lipinski definition) is 2. The molecule has 0 atom stereocenters. The van der Waals surface area contributed by atoms with Gasteiger partial charge in [-0.15, -0.1) is 6.58 Å². The minimum atomic E-state index is -2.66. The molecule has 4 heteroatoms. The van der Waals surface area contributed by atoms with Crippen molar-refractivity contribution in [2.75, 3.05) is 33.2 Å². The smallest absolute Gasteiger partial charge is 0.272 e. The third kappa shape index (κ3) is 5.71. The van der Waals surface area contributed by atoms with E-state index in [1.807, 2.05) is 6.92 Å². The second-order valence-corrected chi connectivity index (χ2v) is 3.00. The molecule has 0 bridgehead atoms. The SMILES string of the molecule is C=CCN(CC)CC(F)(F)CNC. The van der Waals surface area contributed by atoms with E-state index >= 15 is 0 Å². The van der Waals surface area contributed by atoms with Gasteiger partial charge >= 0.3 is 0 Å². The van der Waals surface area contributed by atoms with Crippen LogP contribution >= 0.6 is 0 Å². The largest absolute Gasteiger partial charge is 0.314 e. The Morgan fingerprint density at radius 3 is 2.54 bits per heavy atom. The minimum Gasteiger partial charge on any atom is -0.314 e. The van der Waals surface area contributed by atoms with Gasteiger partial charge in [0.15, 0.2) is 0 Å². The van der Waals surface area contributed by atoms with Crippen LogP contribution < -0.4 is 5.32 Å². The molecular formula is C9H18F2N2. The molecule has 0 spiro atoms. The van der Waals surface area contributed by atoms with Crippen LogP contribution in [0.15, 0.2) is 12.7 Å². The van der Waals surface area contributed by atoms with Crippen LogP contribution in [0.25, 0.3) is 0 Å². The molecule has 2 nitrogen and oxygen atoms in total. The molecule has 13 heavy (non-hydrogen) atoms. The highest BCUT2D eigenvalue weighted by Crippen LogP contribution is 2.13. The maximum absolute atomic E-state index is 13.0. The summed E-state index contributed by atoms with van der Waals surface area (Å²) in [6, 6.07) is 0. The highest BCUT2D eigenvalue weighted by molar-refractivity contribution is 4.79. The number of halogens is 2. The first-order valence-electron chi connectivity index (χ1n) is 4.41. The topological polar surface area (TPSA) is 15.3 Å². The second-order valence-electron chi connectivity index (χ2n) is 3.00. The molecule has 0 aliphatic rings. The zero-order valence-corrected chi connectivity index (χ0v) is 8.32. The van der Waals surface area contributed by atoms with Crippen molar-refractivity contribution in [3.63, 3.8) is 0 Å². The van der Waals surface area contributed by atoms with E-state index in [4.69, 9.17) is 0 Å². The lowest BCUT2D eigenvalue weighted by molar-refractivity contribution is -0.0255. The van der Waals surface area contributed by atoms with Crippen molar-refractivity contribution in [1.29, 1.82) is 0 Å². The molecule has 0 heterocycles. The number of nitrogens with one attached hydrogen (secondary N) is 1. The normalized spacial score (nSPS) is 12.1. The summed E-state index contributed by atoms with van der Waals surface area (Å²) in [5, 5.41) is 2.48. The molecule has 0 saturated heterocycles. The van der Waals surface area contributed by atoms with Crippen molar-refractivity contribution in [3.05, 3.63) is 12.7 Å². The fourth-order valence-electron chi connectivity index (χ4n) is 1.13. The third-order valence-electron chi connectivity index (χ3n) is 1.72. The first-order chi connectivity index (χ1) is 6.05. The Kier molecular flexibility index (Phi) is 5.82. The lowest BCUT2D eigenvalue weighted by Gasteiger charge is -2.24. The Morgan fingerprint density at radius 1 is 1.54 bits per heavy atom. The average Bonchev–Trinajstić information content (AvgIpc) is 2.03. The lowest BCUT2D eigenvalue weighted by atomic mass is 10.3. The molecule has 0 radical (unpaired) electrons. The summed E-state index contributed by atoms with van der Waals surface area (Å²) in [4.78, 5) is 1.66. The second kappa shape index (κ2) is 6.05. The Morgan fingerprint density at radius 2 is 2.15 bits per heavy atom. The van der Waals surface area contributed by atoms with Gasteiger partial charge in [-0.2, -0.15) is 0 Å². The number of alkyl halides is 2. The van der Waals surface area contributed by atoms with Crippen LogP contribution in [-0.4, -0.2) is 44.0 Å². The van der Waals surface area contributed by atoms with Crippen molar-refractivity contribution < 1.29 is 8.78 Å². The highest BCUT2D eigenvalue weighted by Gasteiger charge is 2.29. The highest BCUT2D eigenvalue weighted by atomic mass is 19.3. The van der Waals surface area contributed by atoms with Gasteiger partial charge in [0.25, 0.3) is 5.92 Å². The maximum Gasteiger partial charge on any atom is 0.272 e. The zero-order valence-electron chi connectivity index (χ0n) is 8.32. The summed E-state index contributed by atoms with van der Waals surface area (Å²) in [7, 11) is 1.53. The molecule has 0 aromatic rings. The maximum atomic E-state index is 13.0. The fourth-order valence-corrected chi connectivity index (χ4v) is 1.13. The van der Waals surface area contributed by atoms with Gasteiger partial charge in [-0.05, 0) is 13.6 Å². The first-order valence-corrected chi connectivity index (χ1v) is 4.41. The predicted octanol–water partition coefficient (Wildman–Crippen LogP) is 1.35. The average molecular weight is 192 g/mol. The molecule has 0 saturated carbocycles. The molecule has 0 amide bonds. The van der Waals surface area contributed by atoms with E-state index in [1.165, 1.54) is 7.05 Å². The quantitative estimate of drug-likeness (QED) is 0.612. The summed E-state index contributed by atoms with van der Waals surface area (Å²) in [5.74, 6) is -2.66. The molecular weight excluding hydrogens is 174 g/mol. The van der Waals surface area contributed by atoms with Gasteiger partial charge in [0.2, 0.25) is 0 Å². The van der Waals surface area contributed by atoms with Gasteiger partial charge in [0, 0.05) is 6.54 Å². The Balaban J connectivity index is 3.96. The standard InChI is InChI=1S/C9H18F2N2/c1-4-6-13(5-2)8-9(10,11)7-12-3/h4,12H,1,5-8H2,2-3H3. The Bertz CT molecular complexity index is 149. The Labute approximate surface area is 78.6 Å². The lowest BCUT2D eigenvalue weighted by Crippen LogP contribution is -2.42. The molecule has 0 fully saturated rings. The molecule has 0 aliphatic heterocycles. The molecule has 1 N–H and O–H groups in total. The van der Waals surface area contributed by atoms with Crippen LogP contribution in [0.3, 0.4) is 0 Å². The number of rotatable bonds is 7. The van der Waals surface area contributed by atoms with Crippen molar-refractivity contribution >= 4 is 0 Å². The van der Waals surface area contributed by atoms with Crippen molar-refractivity contribution in [3.8, 4) is 0 Å². The van der Waals surface area contributed by atoms with E-state index in [0.29, 0.717) is 13.1 Å². The van der Waals surface area contributed by atoms with E-state index in [2.05, 4.69) is 11.9 Å². The van der Waals surface area contributed by atoms with Crippen LogP contribution in [-0.2, 0) is 0 Å². The van der Waals surface area contributed by atoms with Gasteiger partial charge in [-0.3, -0.25) is 4.90 Å². The van der Waals surface area contributed by atoms with Crippen LogP contribution in [0.5, 0.6) is 0 Å². The van der Waals surface area contributed by atoms with Crippen LogP contribution in [0, 0.1) is 0 Å². The van der Waals surface area contributed by atoms with E-state index in [-0.39, 0.29) is 13.1 Å². The van der Waals surface area contributed by atoms with Gasteiger partial charge < -0.3 is 5.32 Å². The summed E-state index contributed by atoms with van der Waals surface area (Å²) in [6.45, 7) is 6.02. The van der Waals surface area contributed by atoms with Gasteiger partial charge in [0.05, 0.1) is 13.1 Å². The monoisotopic (exact) mass is 192 g/mol. The summed E-state index contributed by atoms with van der Waals surface area (Å²) in [6.07, 6.45) is 1.64. The number of hydrogen-bond donors (Lipinski definition) is 1. The van der Waals surface area contributed by atoms with E-state index < -0.39 is 5.92 Å². The molecule has 0 aliphatic carbocycles. The van der Waals surface area contributed by atoms with Crippen molar-refractivity contribution in [1.82, 2.24) is 10.2 Å². The first kappa shape index (κ1) is 12.5. The fraction of sp³-hybridized carbons (Fsp3) is 0.778. The van der Waals surface area contributed by atoms with E-state index in [0.717, 1.165) is 0 Å². The van der Waals surface area contributed by atoms with Gasteiger partial charge in [-0.25, -0.2) is 8.78 Å². The molecule has 0 rings (SSSR count). The Hall–Kier alpha value is -0.480. The summed E-state index contributed by atoms with van der Waals surface area (Å²) < 4.78 is 26.1. The van der Waals surface area contributed by atoms with E-state index in [9.17, 15) is 8.78 Å². The van der Waals surface area contributed by atoms with Crippen LogP contribution in [0.2, 0.25) is 0 Å². The summed E-state index contributed by atoms with van der Waals surface area (Å²) in [5.41, 5.74) is 0. The summed E-state index contributed by atoms with van der Waals surface area (Å²) >= 11 is 0. The molecule has 78 valence electrons. The van der Waals surface area contributed by atoms with Crippen LogP contribution in [0.1, 0.15) is 6.92 Å². The number of likely N-dealkylation sites (N-methyl/N-ethyl adjacent to an activating group) is 1. The minimum absolute atomic E-state index is 0.212. The molecule has 0 aromatic carbocycles. The van der Waals surface area contributed by atoms with Gasteiger partial charge in [0.1, 0.15) is 0 Å². The number of nitrogens with zero attached hydrogens (tertiary/aromatic N) is 1. The molecule has 0 unspecified atom stereocenters. The molecule has 0 aromatic heterocycles. The predicted molar refractivity (Wildman–Crippen MR) is 51.2 cm³/mol. The third-order valence-corrected chi connectivity index (χ3v) is 1.72.